The average molecular weight is 328 g/mol. The first-order chi connectivity index (χ1) is 10.5. The van der Waals surface area contributed by atoms with Crippen molar-refractivity contribution >= 4 is 34.8 Å². The summed E-state index contributed by atoms with van der Waals surface area (Å²) in [7, 11) is 2.40. The number of aromatic nitrogens is 1. The molecule has 2 heterocycles. The maximum atomic E-state index is 12.2. The van der Waals surface area contributed by atoms with Gasteiger partial charge >= 0.3 is 5.97 Å². The predicted octanol–water partition coefficient (Wildman–Crippen LogP) is -1.64. The molecule has 1 saturated heterocycles. The number of aromatic hydroxyl groups is 1. The molecular formula is C11H12N4O6S. The minimum atomic E-state index is -1.07. The van der Waals surface area contributed by atoms with Crippen molar-refractivity contribution in [2.45, 2.75) is 12.1 Å². The highest BCUT2D eigenvalue weighted by atomic mass is 32.1. The van der Waals surface area contributed by atoms with Gasteiger partial charge in [-0.1, -0.05) is 16.5 Å². The molecule has 2 unspecified atom stereocenters. The number of esters is 1. The monoisotopic (exact) mass is 328 g/mol. The second-order valence-corrected chi connectivity index (χ2v) is 4.93. The first-order valence-electron chi connectivity index (χ1n) is 5.93. The zero-order valence-electron chi connectivity index (χ0n) is 11.5. The molecule has 0 bridgehead atoms. The molecule has 1 aromatic rings. The lowest BCUT2D eigenvalue weighted by atomic mass is 9.99. The number of thiazole rings is 1. The number of β-lactam (4-membered cyclic amide) rings is 1. The van der Waals surface area contributed by atoms with Gasteiger partial charge in [-0.05, 0) is 0 Å². The molecule has 11 heteroatoms. The molecule has 2 atom stereocenters. The fraction of sp³-hybridized carbons (Fsp3) is 0.364. The van der Waals surface area contributed by atoms with Crippen LogP contribution < -0.4 is 10.6 Å². The van der Waals surface area contributed by atoms with Gasteiger partial charge in [0.1, 0.15) is 18.8 Å². The lowest BCUT2D eigenvalue weighted by Gasteiger charge is -2.34. The first-order valence-corrected chi connectivity index (χ1v) is 6.81. The highest BCUT2D eigenvalue weighted by molar-refractivity contribution is 7.11. The Balaban J connectivity index is 2.14. The first kappa shape index (κ1) is 15.7. The Morgan fingerprint density at radius 2 is 2.23 bits per heavy atom. The lowest BCUT2D eigenvalue weighted by molar-refractivity contribution is -0.153. The number of methoxy groups -OCH3 is 1. The van der Waals surface area contributed by atoms with Crippen LogP contribution in [0.15, 0.2) is 10.5 Å². The summed E-state index contributed by atoms with van der Waals surface area (Å²) in [6.45, 7) is 0. The Bertz CT molecular complexity index is 642. The quantitative estimate of drug-likeness (QED) is 0.255. The highest BCUT2D eigenvalue weighted by Gasteiger charge is 2.46. The summed E-state index contributed by atoms with van der Waals surface area (Å²) in [5.41, 5.74) is -0.154. The summed E-state index contributed by atoms with van der Waals surface area (Å²) in [4.78, 5) is 43.3. The van der Waals surface area contributed by atoms with E-state index in [2.05, 4.69) is 30.3 Å². The minimum absolute atomic E-state index is 0.0798. The van der Waals surface area contributed by atoms with E-state index < -0.39 is 29.9 Å². The summed E-state index contributed by atoms with van der Waals surface area (Å²) < 4.78 is 4.51. The number of rotatable bonds is 5. The smallest absolute Gasteiger partial charge is 0.331 e. The van der Waals surface area contributed by atoms with Gasteiger partial charge in [0.15, 0.2) is 11.8 Å². The molecule has 1 aromatic heterocycles. The maximum absolute atomic E-state index is 12.2. The lowest BCUT2D eigenvalue weighted by Crippen LogP contribution is -2.72. The topological polar surface area (TPSA) is 139 Å². The van der Waals surface area contributed by atoms with E-state index in [-0.39, 0.29) is 16.6 Å². The van der Waals surface area contributed by atoms with Crippen molar-refractivity contribution in [2.24, 2.45) is 5.16 Å². The molecule has 0 spiro atoms. The van der Waals surface area contributed by atoms with E-state index in [0.29, 0.717) is 0 Å². The molecule has 0 saturated carbocycles. The number of ether oxygens (including phenoxy) is 1. The Hall–Kier alpha value is -2.69. The van der Waals surface area contributed by atoms with E-state index >= 15 is 0 Å². The molecule has 2 amide bonds. The summed E-state index contributed by atoms with van der Waals surface area (Å²) in [5.74, 6) is -1.98. The van der Waals surface area contributed by atoms with Gasteiger partial charge in [-0.15, -0.1) is 0 Å². The van der Waals surface area contributed by atoms with Crippen molar-refractivity contribution in [2.75, 3.05) is 14.2 Å². The molecule has 22 heavy (non-hydrogen) atoms. The molecule has 118 valence electrons. The molecule has 1 aliphatic rings. The third-order valence-corrected chi connectivity index (χ3v) is 3.43. The van der Waals surface area contributed by atoms with E-state index in [1.54, 1.807) is 0 Å². The van der Waals surface area contributed by atoms with Crippen LogP contribution in [0.5, 0.6) is 5.19 Å². The molecule has 3 N–H and O–H groups in total. The fourth-order valence-corrected chi connectivity index (χ4v) is 2.26. The number of hydrogen-bond donors (Lipinski definition) is 3. The van der Waals surface area contributed by atoms with Crippen molar-refractivity contribution in [3.63, 3.8) is 0 Å². The number of nitrogens with one attached hydrogen (secondary N) is 2. The SMILES string of the molecule is CON=C(C(=O)NC1C(=O)NC1C(=O)OC)c1csc(O)n1. The van der Waals surface area contributed by atoms with Gasteiger partial charge in [0.05, 0.1) is 7.11 Å². The van der Waals surface area contributed by atoms with Crippen molar-refractivity contribution in [3.05, 3.63) is 11.1 Å². The number of hydrogen-bond acceptors (Lipinski definition) is 9. The Morgan fingerprint density at radius 3 is 2.73 bits per heavy atom. The fourth-order valence-electron chi connectivity index (χ4n) is 1.73. The van der Waals surface area contributed by atoms with Crippen LogP contribution in [0.25, 0.3) is 0 Å². The van der Waals surface area contributed by atoms with Gasteiger partial charge in [0, 0.05) is 5.38 Å². The van der Waals surface area contributed by atoms with Gasteiger partial charge in [-0.2, -0.15) is 0 Å². The number of carbonyl (C=O) groups excluding carboxylic acids is 3. The van der Waals surface area contributed by atoms with E-state index in [4.69, 9.17) is 0 Å². The normalized spacial score (nSPS) is 20.6. The minimum Gasteiger partial charge on any atom is -0.486 e. The standard InChI is InChI=1S/C11H12N4O6S/c1-20-10(18)7-6(9(17)14-7)13-8(16)5(15-21-2)4-3-22-11(19)12-4/h3,6-7H,1-2H3,(H,12,19)(H,13,16)(H,14,17). The van der Waals surface area contributed by atoms with Gasteiger partial charge in [-0.25, -0.2) is 9.78 Å². The van der Waals surface area contributed by atoms with Crippen LogP contribution in [0, 0.1) is 0 Å². The summed E-state index contributed by atoms with van der Waals surface area (Å²) in [6.07, 6.45) is 0. The van der Waals surface area contributed by atoms with Crippen molar-refractivity contribution in [3.8, 4) is 5.19 Å². The van der Waals surface area contributed by atoms with E-state index in [0.717, 1.165) is 11.3 Å². The van der Waals surface area contributed by atoms with Gasteiger partial charge in [0.25, 0.3) is 11.1 Å². The van der Waals surface area contributed by atoms with Crippen LogP contribution in [-0.2, 0) is 24.0 Å². The molecule has 0 radical (unpaired) electrons. The summed E-state index contributed by atoms with van der Waals surface area (Å²) in [6, 6.07) is -2.04. The molecule has 2 rings (SSSR count). The highest BCUT2D eigenvalue weighted by Crippen LogP contribution is 2.17. The van der Waals surface area contributed by atoms with Crippen LogP contribution in [0.1, 0.15) is 5.69 Å². The second kappa shape index (κ2) is 6.39. The molecule has 10 nitrogen and oxygen atoms in total. The Labute approximate surface area is 128 Å². The molecule has 1 fully saturated rings. The maximum Gasteiger partial charge on any atom is 0.331 e. The summed E-state index contributed by atoms with van der Waals surface area (Å²) >= 11 is 0.899. The van der Waals surface area contributed by atoms with Crippen LogP contribution in [0.2, 0.25) is 0 Å². The van der Waals surface area contributed by atoms with Crippen LogP contribution in [0.3, 0.4) is 0 Å². The van der Waals surface area contributed by atoms with Gasteiger partial charge < -0.3 is 25.3 Å². The second-order valence-electron chi connectivity index (χ2n) is 4.10. The Kier molecular flexibility index (Phi) is 4.56. The van der Waals surface area contributed by atoms with E-state index in [9.17, 15) is 19.5 Å². The number of nitrogens with zero attached hydrogens (tertiary/aromatic N) is 2. The number of amides is 2. The van der Waals surface area contributed by atoms with Crippen molar-refractivity contribution < 1.29 is 29.1 Å². The predicted molar refractivity (Wildman–Crippen MR) is 73.2 cm³/mol. The van der Waals surface area contributed by atoms with Crippen LogP contribution in [0.4, 0.5) is 0 Å². The largest absolute Gasteiger partial charge is 0.486 e. The zero-order valence-corrected chi connectivity index (χ0v) is 12.3. The van der Waals surface area contributed by atoms with Crippen LogP contribution >= 0.6 is 11.3 Å². The number of oxime groups is 1. The van der Waals surface area contributed by atoms with Gasteiger partial charge in [0.2, 0.25) is 5.91 Å². The van der Waals surface area contributed by atoms with Crippen molar-refractivity contribution in [1.29, 1.82) is 0 Å². The zero-order chi connectivity index (χ0) is 16.3. The molecule has 0 aromatic carbocycles. The van der Waals surface area contributed by atoms with E-state index in [1.807, 2.05) is 0 Å². The third-order valence-electron chi connectivity index (χ3n) is 2.79. The molecular weight excluding hydrogens is 316 g/mol. The van der Waals surface area contributed by atoms with E-state index in [1.165, 1.54) is 19.6 Å². The summed E-state index contributed by atoms with van der Waals surface area (Å²) in [5, 5.41) is 18.6. The van der Waals surface area contributed by atoms with Crippen LogP contribution in [-0.4, -0.2) is 59.9 Å². The third kappa shape index (κ3) is 2.98. The van der Waals surface area contributed by atoms with Gasteiger partial charge in [-0.3, -0.25) is 9.59 Å². The average Bonchev–Trinajstić information content (AvgIpc) is 2.92. The van der Waals surface area contributed by atoms with Crippen molar-refractivity contribution in [1.82, 2.24) is 15.6 Å². The Morgan fingerprint density at radius 1 is 1.50 bits per heavy atom. The molecule has 0 aliphatic carbocycles. The number of carbonyl (C=O) groups is 3. The molecule has 1 aliphatic heterocycles.